The number of hydrogen-bond acceptors (Lipinski definition) is 4. The predicted molar refractivity (Wildman–Crippen MR) is 95.1 cm³/mol. The van der Waals surface area contributed by atoms with Gasteiger partial charge < -0.3 is 14.6 Å². The molecule has 0 aliphatic carbocycles. The Morgan fingerprint density at radius 3 is 2.48 bits per heavy atom. The molecular formula is C20H18O5. The number of carbonyl (C=O) groups excluding carboxylic acids is 1. The van der Waals surface area contributed by atoms with Crippen LogP contribution in [0.15, 0.2) is 67.3 Å². The molecule has 5 nitrogen and oxygen atoms in total. The van der Waals surface area contributed by atoms with Crippen LogP contribution in [0.5, 0.6) is 11.5 Å². The van der Waals surface area contributed by atoms with Crippen LogP contribution in [-0.2, 0) is 4.79 Å². The summed E-state index contributed by atoms with van der Waals surface area (Å²) in [6.45, 7) is 3.60. The van der Waals surface area contributed by atoms with Gasteiger partial charge in [-0.3, -0.25) is 4.79 Å². The maximum atomic E-state index is 12.2. The number of carboxylic acids is 1. The lowest BCUT2D eigenvalue weighted by Gasteiger charge is -2.04. The van der Waals surface area contributed by atoms with Gasteiger partial charge in [-0.1, -0.05) is 30.9 Å². The molecule has 128 valence electrons. The third kappa shape index (κ3) is 5.99. The average molecular weight is 338 g/mol. The van der Waals surface area contributed by atoms with Crippen LogP contribution in [0, 0.1) is 0 Å². The van der Waals surface area contributed by atoms with E-state index in [4.69, 9.17) is 14.6 Å². The highest BCUT2D eigenvalue weighted by Crippen LogP contribution is 2.16. The third-order valence-electron chi connectivity index (χ3n) is 3.15. The standard InChI is InChI=1S/C20H18O5/c1-2-12-24-18-5-3-4-15(13-18)6-11-19(21)16-7-9-17(10-8-16)25-14-20(22)23/h2-11,13H,1,12,14H2,(H,22,23)/b11-6+. The molecule has 2 rings (SSSR count). The summed E-state index contributed by atoms with van der Waals surface area (Å²) in [7, 11) is 0. The van der Waals surface area contributed by atoms with Gasteiger partial charge in [0.1, 0.15) is 18.1 Å². The largest absolute Gasteiger partial charge is 0.490 e. The molecule has 0 aliphatic rings. The Bertz CT molecular complexity index is 775. The Labute approximate surface area is 145 Å². The zero-order chi connectivity index (χ0) is 18.1. The minimum atomic E-state index is -1.05. The zero-order valence-electron chi connectivity index (χ0n) is 13.6. The second-order valence-corrected chi connectivity index (χ2v) is 5.08. The molecule has 0 saturated heterocycles. The van der Waals surface area contributed by atoms with Gasteiger partial charge in [-0.15, -0.1) is 0 Å². The first-order chi connectivity index (χ1) is 12.1. The summed E-state index contributed by atoms with van der Waals surface area (Å²) in [5.74, 6) is -0.117. The summed E-state index contributed by atoms with van der Waals surface area (Å²) < 4.78 is 10.5. The molecule has 0 spiro atoms. The highest BCUT2D eigenvalue weighted by atomic mass is 16.5. The van der Waals surface area contributed by atoms with Crippen LogP contribution in [0.4, 0.5) is 0 Å². The fourth-order valence-corrected chi connectivity index (χ4v) is 1.99. The van der Waals surface area contributed by atoms with Crippen LogP contribution >= 0.6 is 0 Å². The predicted octanol–water partition coefficient (Wildman–Crippen LogP) is 3.61. The van der Waals surface area contributed by atoms with E-state index in [1.807, 2.05) is 24.3 Å². The third-order valence-corrected chi connectivity index (χ3v) is 3.15. The van der Waals surface area contributed by atoms with Crippen molar-refractivity contribution in [3.05, 3.63) is 78.4 Å². The highest BCUT2D eigenvalue weighted by Gasteiger charge is 2.04. The van der Waals surface area contributed by atoms with Crippen molar-refractivity contribution in [2.24, 2.45) is 0 Å². The topological polar surface area (TPSA) is 72.8 Å². The van der Waals surface area contributed by atoms with Gasteiger partial charge in [0, 0.05) is 5.56 Å². The monoisotopic (exact) mass is 338 g/mol. The molecule has 0 bridgehead atoms. The first kappa shape index (κ1) is 18.0. The average Bonchev–Trinajstić information content (AvgIpc) is 2.63. The molecule has 0 radical (unpaired) electrons. The Morgan fingerprint density at radius 2 is 1.80 bits per heavy atom. The zero-order valence-corrected chi connectivity index (χ0v) is 13.6. The number of rotatable bonds is 9. The minimum Gasteiger partial charge on any atom is -0.490 e. The SMILES string of the molecule is C=CCOc1cccc(/C=C/C(=O)c2ccc(OCC(=O)O)cc2)c1. The van der Waals surface area contributed by atoms with Crippen molar-refractivity contribution in [2.45, 2.75) is 0 Å². The van der Waals surface area contributed by atoms with Crippen molar-refractivity contribution in [2.75, 3.05) is 13.2 Å². The second kappa shape index (κ2) is 9.08. The van der Waals surface area contributed by atoms with Gasteiger partial charge in [0.25, 0.3) is 0 Å². The number of ether oxygens (including phenoxy) is 2. The van der Waals surface area contributed by atoms with E-state index in [2.05, 4.69) is 6.58 Å². The van der Waals surface area contributed by atoms with E-state index in [-0.39, 0.29) is 5.78 Å². The van der Waals surface area contributed by atoms with E-state index in [1.54, 1.807) is 36.4 Å². The minimum absolute atomic E-state index is 0.165. The molecule has 0 fully saturated rings. The maximum Gasteiger partial charge on any atom is 0.341 e. The lowest BCUT2D eigenvalue weighted by molar-refractivity contribution is -0.139. The van der Waals surface area contributed by atoms with Crippen LogP contribution in [0.2, 0.25) is 0 Å². The lowest BCUT2D eigenvalue weighted by atomic mass is 10.1. The fourth-order valence-electron chi connectivity index (χ4n) is 1.99. The number of benzene rings is 2. The molecule has 0 aromatic heterocycles. The molecule has 5 heteroatoms. The van der Waals surface area contributed by atoms with Crippen LogP contribution < -0.4 is 9.47 Å². The summed E-state index contributed by atoms with van der Waals surface area (Å²) >= 11 is 0. The van der Waals surface area contributed by atoms with E-state index in [0.717, 1.165) is 5.56 Å². The number of hydrogen-bond donors (Lipinski definition) is 1. The van der Waals surface area contributed by atoms with Gasteiger partial charge in [-0.25, -0.2) is 4.79 Å². The first-order valence-corrected chi connectivity index (χ1v) is 7.59. The Morgan fingerprint density at radius 1 is 1.04 bits per heavy atom. The normalized spacial score (nSPS) is 10.4. The number of carboxylic acid groups (broad SMARTS) is 1. The molecular weight excluding hydrogens is 320 g/mol. The van der Waals surface area contributed by atoms with E-state index < -0.39 is 12.6 Å². The molecule has 0 saturated carbocycles. The smallest absolute Gasteiger partial charge is 0.341 e. The number of aliphatic carboxylic acids is 1. The van der Waals surface area contributed by atoms with Crippen LogP contribution in [-0.4, -0.2) is 30.1 Å². The number of carbonyl (C=O) groups is 2. The quantitative estimate of drug-likeness (QED) is 0.429. The van der Waals surface area contributed by atoms with E-state index in [9.17, 15) is 9.59 Å². The van der Waals surface area contributed by atoms with Crippen LogP contribution in [0.25, 0.3) is 6.08 Å². The summed E-state index contributed by atoms with van der Waals surface area (Å²) in [5.41, 5.74) is 1.33. The number of allylic oxidation sites excluding steroid dienone is 1. The molecule has 2 aromatic rings. The van der Waals surface area contributed by atoms with Crippen molar-refractivity contribution in [3.8, 4) is 11.5 Å². The van der Waals surface area contributed by atoms with Gasteiger partial charge in [0.2, 0.25) is 0 Å². The van der Waals surface area contributed by atoms with Crippen molar-refractivity contribution < 1.29 is 24.2 Å². The first-order valence-electron chi connectivity index (χ1n) is 7.59. The lowest BCUT2D eigenvalue weighted by Crippen LogP contribution is -2.09. The Kier molecular flexibility index (Phi) is 6.54. The Hall–Kier alpha value is -3.34. The van der Waals surface area contributed by atoms with Gasteiger partial charge >= 0.3 is 5.97 Å². The van der Waals surface area contributed by atoms with Gasteiger partial charge in [0.15, 0.2) is 12.4 Å². The molecule has 0 aliphatic heterocycles. The van der Waals surface area contributed by atoms with Gasteiger partial charge in [-0.2, -0.15) is 0 Å². The van der Waals surface area contributed by atoms with Gasteiger partial charge in [-0.05, 0) is 48.0 Å². The molecule has 25 heavy (non-hydrogen) atoms. The van der Waals surface area contributed by atoms with Crippen LogP contribution in [0.3, 0.4) is 0 Å². The van der Waals surface area contributed by atoms with Crippen molar-refractivity contribution in [3.63, 3.8) is 0 Å². The molecule has 1 N–H and O–H groups in total. The fraction of sp³-hybridized carbons (Fsp3) is 0.100. The summed E-state index contributed by atoms with van der Waals surface area (Å²) in [6, 6.07) is 13.7. The molecule has 0 unspecified atom stereocenters. The van der Waals surface area contributed by atoms with E-state index >= 15 is 0 Å². The molecule has 0 amide bonds. The van der Waals surface area contributed by atoms with Crippen molar-refractivity contribution in [1.29, 1.82) is 0 Å². The van der Waals surface area contributed by atoms with E-state index in [0.29, 0.717) is 23.7 Å². The molecule has 2 aromatic carbocycles. The summed E-state index contributed by atoms with van der Waals surface area (Å²) in [4.78, 5) is 22.6. The maximum absolute atomic E-state index is 12.2. The number of ketones is 1. The Balaban J connectivity index is 2.00. The van der Waals surface area contributed by atoms with Crippen molar-refractivity contribution >= 4 is 17.8 Å². The van der Waals surface area contributed by atoms with Crippen molar-refractivity contribution in [1.82, 2.24) is 0 Å². The van der Waals surface area contributed by atoms with Gasteiger partial charge in [0.05, 0.1) is 0 Å². The summed E-state index contributed by atoms with van der Waals surface area (Å²) in [6.07, 6.45) is 4.84. The molecule has 0 heterocycles. The summed E-state index contributed by atoms with van der Waals surface area (Å²) in [5, 5.41) is 8.56. The highest BCUT2D eigenvalue weighted by molar-refractivity contribution is 6.06. The van der Waals surface area contributed by atoms with E-state index in [1.165, 1.54) is 6.08 Å². The van der Waals surface area contributed by atoms with Crippen LogP contribution in [0.1, 0.15) is 15.9 Å². The second-order valence-electron chi connectivity index (χ2n) is 5.08. The molecule has 0 atom stereocenters.